The highest BCUT2D eigenvalue weighted by Crippen LogP contribution is 2.31. The molecule has 0 N–H and O–H groups in total. The predicted molar refractivity (Wildman–Crippen MR) is 141 cm³/mol. The Morgan fingerprint density at radius 3 is 2.00 bits per heavy atom. The van der Waals surface area contributed by atoms with Crippen molar-refractivity contribution in [3.8, 4) is 22.5 Å². The van der Waals surface area contributed by atoms with E-state index in [0.717, 1.165) is 35.4 Å². The van der Waals surface area contributed by atoms with Crippen LogP contribution in [-0.4, -0.2) is 41.4 Å². The molecule has 3 rings (SSSR count). The molecular weight excluding hydrogens is 438 g/mol. The fourth-order valence-electron chi connectivity index (χ4n) is 3.70. The van der Waals surface area contributed by atoms with E-state index in [9.17, 15) is 4.79 Å². The molecule has 1 heterocycles. The number of aromatic nitrogens is 2. The predicted octanol–water partition coefficient (Wildman–Crippen LogP) is 6.35. The van der Waals surface area contributed by atoms with Gasteiger partial charge in [0.05, 0.1) is 17.6 Å². The number of nitrogens with zero attached hydrogens (tertiary/aromatic N) is 3. The molecular formula is C29H37N3O3. The lowest BCUT2D eigenvalue weighted by molar-refractivity contribution is -0.162. The first-order valence-electron chi connectivity index (χ1n) is 12.1. The first-order chi connectivity index (χ1) is 16.6. The molecule has 6 heteroatoms. The Morgan fingerprint density at radius 2 is 1.49 bits per heavy atom. The molecule has 6 nitrogen and oxygen atoms in total. The van der Waals surface area contributed by atoms with Gasteiger partial charge in [0.25, 0.3) is 0 Å². The number of hydrogen-bond donors (Lipinski definition) is 0. The zero-order valence-corrected chi connectivity index (χ0v) is 22.0. The van der Waals surface area contributed by atoms with E-state index < -0.39 is 5.60 Å². The number of carbonyl (C=O) groups is 1. The Labute approximate surface area is 209 Å². The lowest BCUT2D eigenvalue weighted by Crippen LogP contribution is -2.37. The van der Waals surface area contributed by atoms with E-state index in [1.807, 2.05) is 32.7 Å². The highest BCUT2D eigenvalue weighted by atomic mass is 16.6. The molecule has 0 bridgehead atoms. The molecule has 0 aliphatic rings. The van der Waals surface area contributed by atoms with Gasteiger partial charge in [-0.25, -0.2) is 9.78 Å². The van der Waals surface area contributed by atoms with Crippen LogP contribution in [0.3, 0.4) is 0 Å². The average molecular weight is 476 g/mol. The minimum absolute atomic E-state index is 0.119. The van der Waals surface area contributed by atoms with Crippen molar-refractivity contribution < 1.29 is 14.3 Å². The summed E-state index contributed by atoms with van der Waals surface area (Å²) in [6.07, 6.45) is 3.06. The lowest BCUT2D eigenvalue weighted by Gasteiger charge is -2.29. The van der Waals surface area contributed by atoms with E-state index in [0.29, 0.717) is 5.82 Å². The number of anilines is 1. The third-order valence-corrected chi connectivity index (χ3v) is 5.55. The minimum Gasteiger partial charge on any atom is -0.458 e. The van der Waals surface area contributed by atoms with Gasteiger partial charge in [-0.15, -0.1) is 0 Å². The summed E-state index contributed by atoms with van der Waals surface area (Å²) in [6.45, 7) is 11.6. The molecule has 0 amide bonds. The SMILES string of the molecule is CCCC(OCC(=O)OC(C)(C)C)N(C)c1cnc(-c2ccc(C)cc2)c(-c2ccc(C)cc2)n1. The number of carbonyl (C=O) groups excluding carboxylic acids is 1. The Balaban J connectivity index is 1.93. The van der Waals surface area contributed by atoms with Gasteiger partial charge in [0.15, 0.2) is 0 Å². The van der Waals surface area contributed by atoms with Crippen molar-refractivity contribution in [2.75, 3.05) is 18.6 Å². The Bertz CT molecular complexity index is 1120. The second-order valence-electron chi connectivity index (χ2n) is 9.91. The molecule has 0 aliphatic heterocycles. The third-order valence-electron chi connectivity index (χ3n) is 5.55. The van der Waals surface area contributed by atoms with Crippen LogP contribution in [0.15, 0.2) is 54.7 Å². The zero-order valence-electron chi connectivity index (χ0n) is 22.0. The van der Waals surface area contributed by atoms with Crippen molar-refractivity contribution in [2.24, 2.45) is 0 Å². The monoisotopic (exact) mass is 475 g/mol. The fourth-order valence-corrected chi connectivity index (χ4v) is 3.70. The average Bonchev–Trinajstić information content (AvgIpc) is 2.81. The number of ether oxygens (including phenoxy) is 2. The molecule has 0 radical (unpaired) electrons. The number of rotatable bonds is 9. The van der Waals surface area contributed by atoms with E-state index in [2.05, 4.69) is 69.3 Å². The van der Waals surface area contributed by atoms with Crippen LogP contribution in [0.1, 0.15) is 51.7 Å². The molecule has 1 atom stereocenters. The summed E-state index contributed by atoms with van der Waals surface area (Å²) in [4.78, 5) is 24.0. The zero-order chi connectivity index (χ0) is 25.6. The van der Waals surface area contributed by atoms with Crippen molar-refractivity contribution in [2.45, 2.75) is 66.2 Å². The van der Waals surface area contributed by atoms with Crippen LogP contribution in [0, 0.1) is 13.8 Å². The number of esters is 1. The van der Waals surface area contributed by atoms with Gasteiger partial charge < -0.3 is 14.4 Å². The van der Waals surface area contributed by atoms with E-state index in [4.69, 9.17) is 19.4 Å². The van der Waals surface area contributed by atoms with Gasteiger partial charge >= 0.3 is 5.97 Å². The van der Waals surface area contributed by atoms with Gasteiger partial charge in [0.2, 0.25) is 0 Å². The molecule has 1 aromatic heterocycles. The fraction of sp³-hybridized carbons (Fsp3) is 0.414. The summed E-state index contributed by atoms with van der Waals surface area (Å²) in [6, 6.07) is 16.6. The van der Waals surface area contributed by atoms with Gasteiger partial charge in [-0.3, -0.25) is 4.98 Å². The molecule has 3 aromatic rings. The molecule has 0 saturated carbocycles. The molecule has 35 heavy (non-hydrogen) atoms. The van der Waals surface area contributed by atoms with Crippen LogP contribution in [-0.2, 0) is 14.3 Å². The molecule has 1 unspecified atom stereocenters. The smallest absolute Gasteiger partial charge is 0.332 e. The van der Waals surface area contributed by atoms with Crippen molar-refractivity contribution in [1.29, 1.82) is 0 Å². The quantitative estimate of drug-likeness (QED) is 0.265. The standard InChI is InChI=1S/C29H37N3O3/c1-8-9-25(34-19-26(33)35-29(4,5)6)32(7)24-18-30-27(22-14-10-20(2)11-15-22)28(31-24)23-16-12-21(3)13-17-23/h10-18,25H,8-9,19H2,1-7H3. The van der Waals surface area contributed by atoms with Gasteiger partial charge in [-0.05, 0) is 41.0 Å². The molecule has 186 valence electrons. The second kappa shape index (κ2) is 11.5. The van der Waals surface area contributed by atoms with Crippen molar-refractivity contribution >= 4 is 11.8 Å². The number of hydrogen-bond acceptors (Lipinski definition) is 6. The molecule has 0 saturated heterocycles. The van der Waals surface area contributed by atoms with Crippen LogP contribution < -0.4 is 4.90 Å². The van der Waals surface area contributed by atoms with Gasteiger partial charge in [-0.1, -0.05) is 73.0 Å². The molecule has 0 fully saturated rings. The minimum atomic E-state index is -0.549. The van der Waals surface area contributed by atoms with Gasteiger partial charge in [0, 0.05) is 18.2 Å². The summed E-state index contributed by atoms with van der Waals surface area (Å²) in [5.74, 6) is 0.298. The van der Waals surface area contributed by atoms with Crippen molar-refractivity contribution in [3.63, 3.8) is 0 Å². The first-order valence-corrected chi connectivity index (χ1v) is 12.1. The summed E-state index contributed by atoms with van der Waals surface area (Å²) in [7, 11) is 1.92. The Kier molecular flexibility index (Phi) is 8.62. The van der Waals surface area contributed by atoms with E-state index in [-0.39, 0.29) is 18.8 Å². The molecule has 0 aliphatic carbocycles. The maximum absolute atomic E-state index is 12.2. The summed E-state index contributed by atoms with van der Waals surface area (Å²) < 4.78 is 11.4. The van der Waals surface area contributed by atoms with Crippen LogP contribution in [0.5, 0.6) is 0 Å². The normalized spacial score (nSPS) is 12.3. The van der Waals surface area contributed by atoms with Crippen LogP contribution >= 0.6 is 0 Å². The lowest BCUT2D eigenvalue weighted by atomic mass is 10.0. The Morgan fingerprint density at radius 1 is 0.943 bits per heavy atom. The highest BCUT2D eigenvalue weighted by Gasteiger charge is 2.22. The van der Waals surface area contributed by atoms with E-state index >= 15 is 0 Å². The number of benzene rings is 2. The topological polar surface area (TPSA) is 64.6 Å². The summed E-state index contributed by atoms with van der Waals surface area (Å²) in [5.41, 5.74) is 5.47. The van der Waals surface area contributed by atoms with Crippen LogP contribution in [0.25, 0.3) is 22.5 Å². The third kappa shape index (κ3) is 7.36. The van der Waals surface area contributed by atoms with Crippen molar-refractivity contribution in [1.82, 2.24) is 9.97 Å². The summed E-state index contributed by atoms with van der Waals surface area (Å²) >= 11 is 0. The summed E-state index contributed by atoms with van der Waals surface area (Å²) in [5, 5.41) is 0. The van der Waals surface area contributed by atoms with Crippen molar-refractivity contribution in [3.05, 3.63) is 65.9 Å². The number of aryl methyl sites for hydroxylation is 2. The van der Waals surface area contributed by atoms with E-state index in [1.165, 1.54) is 11.1 Å². The molecule has 0 spiro atoms. The van der Waals surface area contributed by atoms with E-state index in [1.54, 1.807) is 6.20 Å². The Hall–Kier alpha value is -3.25. The first kappa shape index (κ1) is 26.4. The second-order valence-corrected chi connectivity index (χ2v) is 9.91. The maximum Gasteiger partial charge on any atom is 0.332 e. The highest BCUT2D eigenvalue weighted by molar-refractivity contribution is 5.79. The van der Waals surface area contributed by atoms with Gasteiger partial charge in [0.1, 0.15) is 24.3 Å². The maximum atomic E-state index is 12.2. The van der Waals surface area contributed by atoms with Gasteiger partial charge in [-0.2, -0.15) is 0 Å². The largest absolute Gasteiger partial charge is 0.458 e. The molecule has 2 aromatic carbocycles. The van der Waals surface area contributed by atoms with Crippen LogP contribution in [0.2, 0.25) is 0 Å². The van der Waals surface area contributed by atoms with Crippen LogP contribution in [0.4, 0.5) is 5.82 Å².